The van der Waals surface area contributed by atoms with Crippen LogP contribution in [-0.4, -0.2) is 11.1 Å². The summed E-state index contributed by atoms with van der Waals surface area (Å²) in [6.45, 7) is 7.71. The third kappa shape index (κ3) is 3.38. The first-order valence-corrected chi connectivity index (χ1v) is 13.1. The van der Waals surface area contributed by atoms with Crippen LogP contribution in [0, 0.1) is 46.3 Å². The monoisotopic (exact) mass is 436 g/mol. The topological polar surface area (TPSA) is 17.1 Å². The fourth-order valence-corrected chi connectivity index (χ4v) is 9.13. The van der Waals surface area contributed by atoms with Gasteiger partial charge in [-0.3, -0.25) is 4.79 Å². The van der Waals surface area contributed by atoms with Crippen molar-refractivity contribution in [1.82, 2.24) is 0 Å². The summed E-state index contributed by atoms with van der Waals surface area (Å²) in [6.07, 6.45) is 16.6. The number of fused-ring (bicyclic) bond motifs is 5. The highest BCUT2D eigenvalue weighted by molar-refractivity contribution is 9.09. The van der Waals surface area contributed by atoms with Gasteiger partial charge in [0, 0.05) is 5.92 Å². The maximum atomic E-state index is 12.9. The maximum Gasteiger partial charge on any atom is 0.147 e. The molecule has 0 heterocycles. The van der Waals surface area contributed by atoms with Gasteiger partial charge in [-0.2, -0.15) is 0 Å². The molecule has 0 aliphatic heterocycles. The third-order valence-corrected chi connectivity index (χ3v) is 10.7. The second-order valence-corrected chi connectivity index (χ2v) is 11.9. The molecule has 8 atom stereocenters. The van der Waals surface area contributed by atoms with Crippen molar-refractivity contribution in [2.45, 2.75) is 97.8 Å². The molecule has 0 radical (unpaired) electrons. The molecule has 4 rings (SSSR count). The highest BCUT2D eigenvalue weighted by Gasteiger charge is 2.58. The Morgan fingerprint density at radius 1 is 0.889 bits per heavy atom. The number of halogens is 1. The van der Waals surface area contributed by atoms with E-state index in [1.54, 1.807) is 0 Å². The SMILES string of the molecule is C[C@H]1CCC[C@@]2(C)C(CC[C@@H]3C2CC[C@@]2(C)C3CCCC[C@H]2C(=O)CBr)C1. The van der Waals surface area contributed by atoms with Crippen molar-refractivity contribution < 1.29 is 4.79 Å². The van der Waals surface area contributed by atoms with E-state index in [0.717, 1.165) is 36.0 Å². The largest absolute Gasteiger partial charge is 0.298 e. The number of alkyl halides is 1. The van der Waals surface area contributed by atoms with E-state index in [4.69, 9.17) is 0 Å². The van der Waals surface area contributed by atoms with Gasteiger partial charge in [-0.05, 0) is 91.8 Å². The quantitative estimate of drug-likeness (QED) is 0.411. The van der Waals surface area contributed by atoms with Crippen LogP contribution < -0.4 is 0 Å². The lowest BCUT2D eigenvalue weighted by Crippen LogP contribution is -2.54. The van der Waals surface area contributed by atoms with Crippen molar-refractivity contribution in [3.05, 3.63) is 0 Å². The Labute approximate surface area is 176 Å². The lowest BCUT2D eigenvalue weighted by atomic mass is 9.44. The van der Waals surface area contributed by atoms with Crippen LogP contribution in [0.2, 0.25) is 0 Å². The summed E-state index contributed by atoms with van der Waals surface area (Å²) in [4.78, 5) is 12.9. The van der Waals surface area contributed by atoms with Gasteiger partial charge in [0.15, 0.2) is 0 Å². The Bertz CT molecular complexity index is 559. The fourth-order valence-electron chi connectivity index (χ4n) is 8.74. The van der Waals surface area contributed by atoms with Crippen LogP contribution in [0.25, 0.3) is 0 Å². The average molecular weight is 438 g/mol. The lowest BCUT2D eigenvalue weighted by molar-refractivity contribution is -0.140. The summed E-state index contributed by atoms with van der Waals surface area (Å²) in [5.41, 5.74) is 0.847. The molecule has 1 nitrogen and oxygen atoms in total. The molecule has 0 aromatic heterocycles. The number of rotatable bonds is 2. The van der Waals surface area contributed by atoms with Crippen LogP contribution in [0.15, 0.2) is 0 Å². The van der Waals surface area contributed by atoms with Gasteiger partial charge in [0.1, 0.15) is 5.78 Å². The minimum Gasteiger partial charge on any atom is -0.298 e. The normalized spacial score (nSPS) is 50.5. The van der Waals surface area contributed by atoms with Crippen LogP contribution in [0.1, 0.15) is 97.8 Å². The molecule has 4 aliphatic carbocycles. The zero-order chi connectivity index (χ0) is 19.2. The van der Waals surface area contributed by atoms with E-state index in [9.17, 15) is 4.79 Å². The number of hydrogen-bond acceptors (Lipinski definition) is 1. The molecule has 4 aliphatic rings. The first-order chi connectivity index (χ1) is 12.9. The Kier molecular flexibility index (Phi) is 5.87. The standard InChI is InChI=1S/C25H41BrO/c1-17-7-6-13-24(2)18(15-17)10-11-19-20-8-4-5-9-22(23(27)16-26)25(20,3)14-12-21(19)24/h17-22H,4-16H2,1-3H3/t17-,18?,19-,20?,21?,22-,24-,25-/m0/s1. The first kappa shape index (κ1) is 20.4. The highest BCUT2D eigenvalue weighted by atomic mass is 79.9. The van der Waals surface area contributed by atoms with Gasteiger partial charge in [0.05, 0.1) is 5.33 Å². The first-order valence-electron chi connectivity index (χ1n) is 12.0. The second kappa shape index (κ2) is 7.77. The van der Waals surface area contributed by atoms with Crippen molar-refractivity contribution in [2.75, 3.05) is 5.33 Å². The maximum absolute atomic E-state index is 12.9. The average Bonchev–Trinajstić information content (AvgIpc) is 2.91. The van der Waals surface area contributed by atoms with Crippen LogP contribution in [0.3, 0.4) is 0 Å². The van der Waals surface area contributed by atoms with Gasteiger partial charge in [0.25, 0.3) is 0 Å². The molecule has 27 heavy (non-hydrogen) atoms. The van der Waals surface area contributed by atoms with E-state index in [-0.39, 0.29) is 5.41 Å². The van der Waals surface area contributed by atoms with E-state index < -0.39 is 0 Å². The van der Waals surface area contributed by atoms with Crippen molar-refractivity contribution in [2.24, 2.45) is 46.3 Å². The zero-order valence-corrected chi connectivity index (χ0v) is 19.5. The highest BCUT2D eigenvalue weighted by Crippen LogP contribution is 2.65. The molecule has 4 fully saturated rings. The smallest absolute Gasteiger partial charge is 0.147 e. The van der Waals surface area contributed by atoms with Gasteiger partial charge in [-0.25, -0.2) is 0 Å². The molecule has 0 saturated heterocycles. The second-order valence-electron chi connectivity index (χ2n) is 11.4. The van der Waals surface area contributed by atoms with Gasteiger partial charge in [0.2, 0.25) is 0 Å². The van der Waals surface area contributed by atoms with Crippen LogP contribution in [0.5, 0.6) is 0 Å². The lowest BCUT2D eigenvalue weighted by Gasteiger charge is -2.60. The molecule has 4 saturated carbocycles. The number of hydrogen-bond donors (Lipinski definition) is 0. The summed E-state index contributed by atoms with van der Waals surface area (Å²) in [5, 5.41) is 0.561. The van der Waals surface area contributed by atoms with Crippen molar-refractivity contribution in [3.8, 4) is 0 Å². The fraction of sp³-hybridized carbons (Fsp3) is 0.960. The molecule has 0 bridgehead atoms. The number of Topliss-reactive ketones (excluding diaryl/α,β-unsaturated/α-hetero) is 1. The Hall–Kier alpha value is 0.150. The summed E-state index contributed by atoms with van der Waals surface area (Å²) in [6, 6.07) is 0. The van der Waals surface area contributed by atoms with Crippen LogP contribution >= 0.6 is 15.9 Å². The minimum atomic E-state index is 0.268. The van der Waals surface area contributed by atoms with Crippen LogP contribution in [0.4, 0.5) is 0 Å². The number of carbonyl (C=O) groups is 1. The zero-order valence-electron chi connectivity index (χ0n) is 17.9. The summed E-state index contributed by atoms with van der Waals surface area (Å²) < 4.78 is 0. The Balaban J connectivity index is 1.64. The van der Waals surface area contributed by atoms with Crippen molar-refractivity contribution in [1.29, 1.82) is 0 Å². The van der Waals surface area contributed by atoms with Crippen molar-refractivity contribution >= 4 is 21.7 Å². The molecule has 0 N–H and O–H groups in total. The molecular formula is C25H41BrO. The van der Waals surface area contributed by atoms with Crippen molar-refractivity contribution in [3.63, 3.8) is 0 Å². The van der Waals surface area contributed by atoms with Gasteiger partial charge in [-0.15, -0.1) is 0 Å². The molecule has 3 unspecified atom stereocenters. The summed E-state index contributed by atoms with van der Waals surface area (Å²) >= 11 is 3.50. The van der Waals surface area contributed by atoms with E-state index in [2.05, 4.69) is 36.7 Å². The molecule has 0 spiro atoms. The minimum absolute atomic E-state index is 0.268. The predicted molar refractivity (Wildman–Crippen MR) is 117 cm³/mol. The van der Waals surface area contributed by atoms with E-state index >= 15 is 0 Å². The van der Waals surface area contributed by atoms with Gasteiger partial charge in [-0.1, -0.05) is 62.4 Å². The van der Waals surface area contributed by atoms with Gasteiger partial charge >= 0.3 is 0 Å². The Morgan fingerprint density at radius 3 is 2.41 bits per heavy atom. The third-order valence-electron chi connectivity index (χ3n) is 10.2. The Morgan fingerprint density at radius 2 is 1.63 bits per heavy atom. The number of ketones is 1. The molecule has 0 aromatic rings. The summed E-state index contributed by atoms with van der Waals surface area (Å²) in [5.74, 6) is 5.31. The molecule has 2 heteroatoms. The molecule has 154 valence electrons. The van der Waals surface area contributed by atoms with E-state index in [0.29, 0.717) is 22.4 Å². The van der Waals surface area contributed by atoms with E-state index in [1.807, 2.05) is 0 Å². The molecule has 0 aromatic carbocycles. The van der Waals surface area contributed by atoms with Crippen LogP contribution in [-0.2, 0) is 4.79 Å². The summed E-state index contributed by atoms with van der Waals surface area (Å²) in [7, 11) is 0. The molecule has 0 amide bonds. The van der Waals surface area contributed by atoms with Gasteiger partial charge < -0.3 is 0 Å². The molecular weight excluding hydrogens is 396 g/mol. The number of carbonyl (C=O) groups excluding carboxylic acids is 1. The predicted octanol–water partition coefficient (Wildman–Crippen LogP) is 7.42. The van der Waals surface area contributed by atoms with E-state index in [1.165, 1.54) is 70.6 Å².